The van der Waals surface area contributed by atoms with Gasteiger partial charge in [-0.1, -0.05) is 26.7 Å². The molecule has 1 aromatic heterocycles. The van der Waals surface area contributed by atoms with E-state index < -0.39 is 18.4 Å². The average Bonchev–Trinajstić information content (AvgIpc) is 2.99. The minimum atomic E-state index is -4.43. The lowest BCUT2D eigenvalue weighted by Crippen LogP contribution is -2.34. The Morgan fingerprint density at radius 1 is 1.36 bits per heavy atom. The van der Waals surface area contributed by atoms with Gasteiger partial charge in [-0.3, -0.25) is 4.79 Å². The van der Waals surface area contributed by atoms with Crippen molar-refractivity contribution in [3.63, 3.8) is 0 Å². The Labute approximate surface area is 145 Å². The summed E-state index contributed by atoms with van der Waals surface area (Å²) in [6.45, 7) is 2.72. The van der Waals surface area contributed by atoms with Crippen LogP contribution in [0.5, 0.6) is 5.88 Å². The number of halogens is 3. The lowest BCUT2D eigenvalue weighted by atomic mass is 9.98. The minimum absolute atomic E-state index is 0.0372. The number of hydrogen-bond acceptors (Lipinski definition) is 4. The van der Waals surface area contributed by atoms with Crippen molar-refractivity contribution in [1.82, 2.24) is 10.3 Å². The molecule has 1 fully saturated rings. The second-order valence-electron chi connectivity index (χ2n) is 5.79. The predicted molar refractivity (Wildman–Crippen MR) is 87.0 cm³/mol. The number of rotatable bonds is 6. The van der Waals surface area contributed by atoms with E-state index in [1.165, 1.54) is 12.3 Å². The maximum absolute atomic E-state index is 12.1. The van der Waals surface area contributed by atoms with Gasteiger partial charge in [-0.15, -0.1) is 0 Å². The van der Waals surface area contributed by atoms with E-state index in [4.69, 9.17) is 0 Å². The fraction of sp³-hybridized carbons (Fsp3) is 0.647. The molecule has 2 rings (SSSR count). The summed E-state index contributed by atoms with van der Waals surface area (Å²) in [7, 11) is 0. The second-order valence-corrected chi connectivity index (χ2v) is 5.79. The van der Waals surface area contributed by atoms with E-state index in [1.807, 2.05) is 13.8 Å². The molecule has 1 amide bonds. The van der Waals surface area contributed by atoms with Crippen LogP contribution in [0.3, 0.4) is 0 Å². The molecule has 0 saturated heterocycles. The number of ether oxygens (including phenoxy) is 1. The van der Waals surface area contributed by atoms with Crippen molar-refractivity contribution in [2.24, 2.45) is 0 Å². The highest BCUT2D eigenvalue weighted by atomic mass is 19.4. The van der Waals surface area contributed by atoms with Crippen molar-refractivity contribution < 1.29 is 27.8 Å². The standard InChI is InChI=1S/C15H19F3N2O3.C2H6/c16-15(17,18)10-23-13-7-11(3-6-19-13)9-20-12(21)8-14(22)4-1-2-5-14;1-2/h3,6-7,22H,1-2,4-5,8-10H2,(H,20,21);1-2H3. The summed E-state index contributed by atoms with van der Waals surface area (Å²) in [6.07, 6.45) is -0.0197. The Balaban J connectivity index is 0.00000151. The van der Waals surface area contributed by atoms with E-state index >= 15 is 0 Å². The number of carbonyl (C=O) groups excluding carboxylic acids is 1. The third-order valence-corrected chi connectivity index (χ3v) is 3.70. The van der Waals surface area contributed by atoms with Crippen LogP contribution in [0.4, 0.5) is 13.2 Å². The molecule has 0 spiro atoms. The maximum Gasteiger partial charge on any atom is 0.422 e. The van der Waals surface area contributed by atoms with Crippen molar-refractivity contribution in [2.45, 2.75) is 64.3 Å². The number of nitrogens with zero attached hydrogens (tertiary/aromatic N) is 1. The van der Waals surface area contributed by atoms with E-state index in [1.54, 1.807) is 6.07 Å². The molecule has 0 aliphatic heterocycles. The summed E-state index contributed by atoms with van der Waals surface area (Å²) in [4.78, 5) is 15.5. The summed E-state index contributed by atoms with van der Waals surface area (Å²) < 4.78 is 40.8. The van der Waals surface area contributed by atoms with Crippen LogP contribution in [0.25, 0.3) is 0 Å². The molecule has 8 heteroatoms. The van der Waals surface area contributed by atoms with Gasteiger partial charge < -0.3 is 15.2 Å². The molecule has 1 aliphatic rings. The van der Waals surface area contributed by atoms with Crippen LogP contribution in [0.15, 0.2) is 18.3 Å². The van der Waals surface area contributed by atoms with Gasteiger partial charge in [0.25, 0.3) is 0 Å². The monoisotopic (exact) mass is 362 g/mol. The fourth-order valence-electron chi connectivity index (χ4n) is 2.57. The van der Waals surface area contributed by atoms with E-state index in [0.29, 0.717) is 18.4 Å². The van der Waals surface area contributed by atoms with Gasteiger partial charge >= 0.3 is 6.18 Å². The first-order chi connectivity index (χ1) is 11.8. The molecule has 142 valence electrons. The third kappa shape index (κ3) is 8.20. The SMILES string of the molecule is CC.O=C(CC1(O)CCCC1)NCc1ccnc(OCC(F)(F)F)c1. The van der Waals surface area contributed by atoms with Gasteiger partial charge in [0.05, 0.1) is 12.0 Å². The lowest BCUT2D eigenvalue weighted by Gasteiger charge is -2.21. The van der Waals surface area contributed by atoms with Crippen molar-refractivity contribution in [3.05, 3.63) is 23.9 Å². The molecule has 25 heavy (non-hydrogen) atoms. The highest BCUT2D eigenvalue weighted by Crippen LogP contribution is 2.32. The maximum atomic E-state index is 12.1. The first-order valence-electron chi connectivity index (χ1n) is 8.39. The van der Waals surface area contributed by atoms with Gasteiger partial charge in [-0.05, 0) is 24.5 Å². The number of pyridine rings is 1. The predicted octanol–water partition coefficient (Wildman–Crippen LogP) is 3.36. The summed E-state index contributed by atoms with van der Waals surface area (Å²) in [5, 5.41) is 12.8. The van der Waals surface area contributed by atoms with Gasteiger partial charge in [-0.25, -0.2) is 4.98 Å². The van der Waals surface area contributed by atoms with Gasteiger partial charge in [-0.2, -0.15) is 13.2 Å². The van der Waals surface area contributed by atoms with Crippen LogP contribution in [-0.4, -0.2) is 34.4 Å². The minimum Gasteiger partial charge on any atom is -0.468 e. The van der Waals surface area contributed by atoms with Crippen LogP contribution < -0.4 is 10.1 Å². The van der Waals surface area contributed by atoms with Crippen molar-refractivity contribution in [1.29, 1.82) is 0 Å². The molecular weight excluding hydrogens is 337 g/mol. The molecule has 2 N–H and O–H groups in total. The Hall–Kier alpha value is -1.83. The zero-order valence-corrected chi connectivity index (χ0v) is 14.5. The van der Waals surface area contributed by atoms with Gasteiger partial charge in [0.15, 0.2) is 6.61 Å². The van der Waals surface area contributed by atoms with Crippen LogP contribution in [0.1, 0.15) is 51.5 Å². The molecular formula is C17H25F3N2O3. The summed E-state index contributed by atoms with van der Waals surface area (Å²) in [5.41, 5.74) is -0.354. The number of alkyl halides is 3. The quantitative estimate of drug-likeness (QED) is 0.814. The topological polar surface area (TPSA) is 71.5 Å². The van der Waals surface area contributed by atoms with E-state index in [0.717, 1.165) is 12.8 Å². The summed E-state index contributed by atoms with van der Waals surface area (Å²) >= 11 is 0. The van der Waals surface area contributed by atoms with Crippen molar-refractivity contribution in [3.8, 4) is 5.88 Å². The largest absolute Gasteiger partial charge is 0.468 e. The summed E-state index contributed by atoms with van der Waals surface area (Å²) in [5.74, 6) is -0.438. The van der Waals surface area contributed by atoms with Crippen molar-refractivity contribution in [2.75, 3.05) is 6.61 Å². The van der Waals surface area contributed by atoms with Crippen LogP contribution >= 0.6 is 0 Å². The molecule has 1 aliphatic carbocycles. The molecule has 0 atom stereocenters. The number of carbonyl (C=O) groups is 1. The highest BCUT2D eigenvalue weighted by molar-refractivity contribution is 5.77. The molecule has 5 nitrogen and oxygen atoms in total. The number of nitrogens with one attached hydrogen (secondary N) is 1. The average molecular weight is 362 g/mol. The van der Waals surface area contributed by atoms with Crippen LogP contribution in [-0.2, 0) is 11.3 Å². The highest BCUT2D eigenvalue weighted by Gasteiger charge is 2.33. The first kappa shape index (κ1) is 21.2. The van der Waals surface area contributed by atoms with E-state index in [-0.39, 0.29) is 24.8 Å². The molecule has 0 bridgehead atoms. The molecule has 1 heterocycles. The zero-order chi connectivity index (χ0) is 18.9. The number of aromatic nitrogens is 1. The Morgan fingerprint density at radius 2 is 2.00 bits per heavy atom. The van der Waals surface area contributed by atoms with Crippen LogP contribution in [0.2, 0.25) is 0 Å². The third-order valence-electron chi connectivity index (χ3n) is 3.70. The van der Waals surface area contributed by atoms with Gasteiger partial charge in [0.2, 0.25) is 11.8 Å². The second kappa shape index (κ2) is 9.60. The van der Waals surface area contributed by atoms with Crippen LogP contribution in [0, 0.1) is 0 Å². The van der Waals surface area contributed by atoms with Gasteiger partial charge in [0, 0.05) is 18.8 Å². The van der Waals surface area contributed by atoms with E-state index in [9.17, 15) is 23.1 Å². The number of amides is 1. The molecule has 1 saturated carbocycles. The number of hydrogen-bond donors (Lipinski definition) is 2. The van der Waals surface area contributed by atoms with Gasteiger partial charge in [0.1, 0.15) is 0 Å². The molecule has 0 radical (unpaired) electrons. The van der Waals surface area contributed by atoms with E-state index in [2.05, 4.69) is 15.0 Å². The normalized spacial score (nSPS) is 15.9. The number of aliphatic hydroxyl groups is 1. The fourth-order valence-corrected chi connectivity index (χ4v) is 2.57. The molecule has 0 unspecified atom stereocenters. The van der Waals surface area contributed by atoms with Crippen molar-refractivity contribution >= 4 is 5.91 Å². The Kier molecular flexibility index (Phi) is 8.15. The first-order valence-corrected chi connectivity index (χ1v) is 8.39. The smallest absolute Gasteiger partial charge is 0.422 e. The molecule has 0 aromatic carbocycles. The summed E-state index contributed by atoms with van der Waals surface area (Å²) in [6, 6.07) is 2.92. The lowest BCUT2D eigenvalue weighted by molar-refractivity contribution is -0.154. The molecule has 1 aromatic rings. The zero-order valence-electron chi connectivity index (χ0n) is 14.5. The Morgan fingerprint density at radius 3 is 2.60 bits per heavy atom. The Bertz CT molecular complexity index is 544.